The molecule has 0 saturated carbocycles. The van der Waals surface area contributed by atoms with Crippen molar-refractivity contribution in [2.45, 2.75) is 32.4 Å². The maximum atomic E-state index is 13.5. The molecule has 2 aromatic heterocycles. The number of aromatic nitrogens is 6. The molecule has 200 valence electrons. The molecule has 5 rings (SSSR count). The molecule has 39 heavy (non-hydrogen) atoms. The zero-order valence-electron chi connectivity index (χ0n) is 22.3. The van der Waals surface area contributed by atoms with Gasteiger partial charge in [0, 0.05) is 12.1 Å². The van der Waals surface area contributed by atoms with E-state index in [0.29, 0.717) is 31.0 Å². The van der Waals surface area contributed by atoms with Gasteiger partial charge in [0.2, 0.25) is 11.7 Å². The molecule has 0 amide bonds. The molecule has 5 aromatic rings. The van der Waals surface area contributed by atoms with E-state index in [-0.39, 0.29) is 11.6 Å². The van der Waals surface area contributed by atoms with Gasteiger partial charge in [0.05, 0.1) is 12.2 Å². The molecular weight excluding hydrogens is 490 g/mol. The molecule has 0 radical (unpaired) electrons. The van der Waals surface area contributed by atoms with Gasteiger partial charge in [-0.3, -0.25) is 9.13 Å². The van der Waals surface area contributed by atoms with E-state index < -0.39 is 0 Å². The third-order valence-corrected chi connectivity index (χ3v) is 6.90. The largest absolute Gasteiger partial charge is 0.493 e. The first-order valence-corrected chi connectivity index (χ1v) is 13.1. The van der Waals surface area contributed by atoms with Gasteiger partial charge in [0.15, 0.2) is 0 Å². The highest BCUT2D eigenvalue weighted by molar-refractivity contribution is 5.80. The second-order valence-electron chi connectivity index (χ2n) is 9.91. The van der Waals surface area contributed by atoms with Crippen molar-refractivity contribution in [1.82, 2.24) is 34.7 Å². The highest BCUT2D eigenvalue weighted by Crippen LogP contribution is 2.30. The number of aryl methyl sites for hydroxylation is 1. The summed E-state index contributed by atoms with van der Waals surface area (Å²) < 4.78 is 3.23. The summed E-state index contributed by atoms with van der Waals surface area (Å²) in [5.74, 6) is 0.607. The summed E-state index contributed by atoms with van der Waals surface area (Å²) in [6.07, 6.45) is 2.08. The molecule has 9 heteroatoms. The number of aromatic hydroxyl groups is 1. The average Bonchev–Trinajstić information content (AvgIpc) is 3.57. The second-order valence-corrected chi connectivity index (χ2v) is 9.91. The molecule has 0 aliphatic carbocycles. The predicted molar refractivity (Wildman–Crippen MR) is 152 cm³/mol. The fourth-order valence-electron chi connectivity index (χ4n) is 4.87. The van der Waals surface area contributed by atoms with E-state index in [1.807, 2.05) is 80.8 Å². The van der Waals surface area contributed by atoms with Crippen LogP contribution in [0.4, 0.5) is 0 Å². The molecule has 2 heterocycles. The average molecular weight is 524 g/mol. The minimum Gasteiger partial charge on any atom is -0.493 e. The molecule has 3 aromatic carbocycles. The Hall–Kier alpha value is -4.50. The van der Waals surface area contributed by atoms with Gasteiger partial charge in [-0.25, -0.2) is 4.79 Å². The highest BCUT2D eigenvalue weighted by atomic mass is 16.3. The van der Waals surface area contributed by atoms with E-state index in [9.17, 15) is 9.90 Å². The molecule has 0 aliphatic rings. The molecule has 0 aliphatic heterocycles. The number of H-pyrrole nitrogens is 1. The maximum absolute atomic E-state index is 13.5. The summed E-state index contributed by atoms with van der Waals surface area (Å²) in [6, 6.07) is 26.2. The predicted octanol–water partition coefficient (Wildman–Crippen LogP) is 3.99. The second kappa shape index (κ2) is 11.9. The van der Waals surface area contributed by atoms with Crippen LogP contribution in [-0.4, -0.2) is 60.4 Å². The normalized spacial score (nSPS) is 11.4. The quantitative estimate of drug-likeness (QED) is 0.271. The summed E-state index contributed by atoms with van der Waals surface area (Å²) in [5.41, 5.74) is 5.53. The van der Waals surface area contributed by atoms with Gasteiger partial charge in [0.1, 0.15) is 0 Å². The van der Waals surface area contributed by atoms with Crippen molar-refractivity contribution in [3.8, 4) is 28.4 Å². The first-order valence-electron chi connectivity index (χ1n) is 13.1. The van der Waals surface area contributed by atoms with Crippen molar-refractivity contribution in [3.05, 3.63) is 106 Å². The van der Waals surface area contributed by atoms with Crippen molar-refractivity contribution < 1.29 is 5.11 Å². The highest BCUT2D eigenvalue weighted by Gasteiger charge is 2.20. The van der Waals surface area contributed by atoms with Gasteiger partial charge in [-0.15, -0.1) is 10.2 Å². The van der Waals surface area contributed by atoms with E-state index in [0.717, 1.165) is 41.6 Å². The molecule has 0 fully saturated rings. The minimum absolute atomic E-state index is 0.0698. The number of hydrogen-bond acceptors (Lipinski definition) is 6. The zero-order valence-corrected chi connectivity index (χ0v) is 22.3. The SMILES string of the molecule is CN(C)CCCn1c(O)c(CCc2ccccc2)n(Cc2ccc(-c3ccccc3-c3nn[nH]n3)cc2)c1=O. The Labute approximate surface area is 227 Å². The van der Waals surface area contributed by atoms with Crippen molar-refractivity contribution in [1.29, 1.82) is 0 Å². The van der Waals surface area contributed by atoms with Crippen LogP contribution >= 0.6 is 0 Å². The molecule has 0 spiro atoms. The number of hydrogen-bond donors (Lipinski definition) is 2. The van der Waals surface area contributed by atoms with Crippen LogP contribution in [0.3, 0.4) is 0 Å². The molecule has 9 nitrogen and oxygen atoms in total. The Balaban J connectivity index is 1.42. The van der Waals surface area contributed by atoms with E-state index in [1.165, 1.54) is 10.1 Å². The number of aromatic amines is 1. The Morgan fingerprint density at radius 3 is 2.26 bits per heavy atom. The van der Waals surface area contributed by atoms with Gasteiger partial charge in [-0.1, -0.05) is 78.9 Å². The van der Waals surface area contributed by atoms with Gasteiger partial charge in [-0.05, 0) is 67.4 Å². The van der Waals surface area contributed by atoms with Gasteiger partial charge < -0.3 is 10.0 Å². The number of nitrogens with zero attached hydrogens (tertiary/aromatic N) is 6. The standard InChI is InChI=1S/C30H33N7O2/c1-35(2)19-8-20-36-29(38)27(18-15-22-9-4-3-5-10-22)37(30(36)39)21-23-13-16-24(17-14-23)25-11-6-7-12-26(25)28-31-33-34-32-28/h3-7,9-14,16-17,38H,8,15,18-21H2,1-2H3,(H,31,32,33,34). The maximum Gasteiger partial charge on any atom is 0.331 e. The summed E-state index contributed by atoms with van der Waals surface area (Å²) in [6.45, 7) is 1.69. The minimum atomic E-state index is -0.180. The van der Waals surface area contributed by atoms with Crippen LogP contribution in [0.5, 0.6) is 5.88 Å². The van der Waals surface area contributed by atoms with Crippen LogP contribution in [0.15, 0.2) is 83.7 Å². The van der Waals surface area contributed by atoms with Crippen LogP contribution in [0.25, 0.3) is 22.5 Å². The third-order valence-electron chi connectivity index (χ3n) is 6.90. The number of tetrazole rings is 1. The lowest BCUT2D eigenvalue weighted by Gasteiger charge is -2.10. The van der Waals surface area contributed by atoms with Crippen LogP contribution in [0.2, 0.25) is 0 Å². The van der Waals surface area contributed by atoms with Gasteiger partial charge >= 0.3 is 5.69 Å². The Morgan fingerprint density at radius 1 is 0.846 bits per heavy atom. The Kier molecular flexibility index (Phi) is 7.98. The lowest BCUT2D eigenvalue weighted by molar-refractivity contribution is 0.363. The third kappa shape index (κ3) is 5.99. The molecule has 0 saturated heterocycles. The molecule has 0 bridgehead atoms. The van der Waals surface area contributed by atoms with Crippen LogP contribution in [0, 0.1) is 0 Å². The summed E-state index contributed by atoms with van der Waals surface area (Å²) in [4.78, 5) is 15.6. The lowest BCUT2D eigenvalue weighted by atomic mass is 9.98. The van der Waals surface area contributed by atoms with Crippen molar-refractivity contribution in [3.63, 3.8) is 0 Å². The first kappa shape index (κ1) is 26.1. The van der Waals surface area contributed by atoms with Gasteiger partial charge in [0.25, 0.3) is 0 Å². The van der Waals surface area contributed by atoms with E-state index >= 15 is 0 Å². The van der Waals surface area contributed by atoms with E-state index in [2.05, 4.69) is 37.7 Å². The molecule has 0 atom stereocenters. The van der Waals surface area contributed by atoms with E-state index in [1.54, 1.807) is 4.57 Å². The number of rotatable bonds is 11. The molecular formula is C30H33N7O2. The Bertz CT molecular complexity index is 1550. The van der Waals surface area contributed by atoms with E-state index in [4.69, 9.17) is 0 Å². The van der Waals surface area contributed by atoms with Crippen LogP contribution < -0.4 is 5.69 Å². The topological polar surface area (TPSA) is 105 Å². The van der Waals surface area contributed by atoms with Crippen LogP contribution in [0.1, 0.15) is 23.2 Å². The number of imidazole rings is 1. The number of benzene rings is 3. The summed E-state index contributed by atoms with van der Waals surface area (Å²) in [5, 5.41) is 25.6. The van der Waals surface area contributed by atoms with Crippen molar-refractivity contribution in [2.75, 3.05) is 20.6 Å². The first-order chi connectivity index (χ1) is 19.0. The smallest absolute Gasteiger partial charge is 0.331 e. The molecule has 2 N–H and O–H groups in total. The lowest BCUT2D eigenvalue weighted by Crippen LogP contribution is -2.27. The number of nitrogens with one attached hydrogen (secondary N) is 1. The zero-order chi connectivity index (χ0) is 27.2. The molecule has 0 unspecified atom stereocenters. The fourth-order valence-corrected chi connectivity index (χ4v) is 4.87. The summed E-state index contributed by atoms with van der Waals surface area (Å²) in [7, 11) is 4.01. The Morgan fingerprint density at radius 2 is 1.56 bits per heavy atom. The monoisotopic (exact) mass is 523 g/mol. The van der Waals surface area contributed by atoms with Crippen molar-refractivity contribution in [2.24, 2.45) is 0 Å². The van der Waals surface area contributed by atoms with Crippen LogP contribution in [-0.2, 0) is 25.9 Å². The van der Waals surface area contributed by atoms with Crippen molar-refractivity contribution >= 4 is 0 Å². The van der Waals surface area contributed by atoms with Gasteiger partial charge in [-0.2, -0.15) is 5.21 Å². The fraction of sp³-hybridized carbons (Fsp3) is 0.267. The summed E-state index contributed by atoms with van der Waals surface area (Å²) >= 11 is 0.